The van der Waals surface area contributed by atoms with Gasteiger partial charge in [-0.15, -0.1) is 23.7 Å². The zero-order valence-corrected chi connectivity index (χ0v) is 13.6. The molecule has 1 aliphatic heterocycles. The molecule has 1 aromatic heterocycles. The van der Waals surface area contributed by atoms with Crippen LogP contribution in [0.5, 0.6) is 0 Å². The molecule has 0 aliphatic carbocycles. The number of rotatable bonds is 5. The van der Waals surface area contributed by atoms with E-state index in [0.29, 0.717) is 16.9 Å². The summed E-state index contributed by atoms with van der Waals surface area (Å²) < 4.78 is 56.5. The largest absolute Gasteiger partial charge is 0.383 e. The summed E-state index contributed by atoms with van der Waals surface area (Å²) >= 11 is 0.714. The van der Waals surface area contributed by atoms with Crippen molar-refractivity contribution in [3.05, 3.63) is 17.8 Å². The maximum Gasteiger partial charge on any atom is 0.271 e. The van der Waals surface area contributed by atoms with Crippen LogP contribution in [0.25, 0.3) is 6.08 Å². The molecule has 0 unspecified atom stereocenters. The van der Waals surface area contributed by atoms with Gasteiger partial charge in [0.2, 0.25) is 10.0 Å². The second-order valence-electron chi connectivity index (χ2n) is 3.65. The van der Waals surface area contributed by atoms with Crippen LogP contribution in [0.3, 0.4) is 0 Å². The fourth-order valence-corrected chi connectivity index (χ4v) is 5.50. The van der Waals surface area contributed by atoms with Gasteiger partial charge >= 0.3 is 0 Å². The van der Waals surface area contributed by atoms with E-state index in [1.165, 1.54) is 25.5 Å². The molecule has 0 bridgehead atoms. The minimum absolute atomic E-state index is 0. The fourth-order valence-electron chi connectivity index (χ4n) is 1.44. The standard InChI is InChI=1S/C9H12N2O5S3.ClH/c1-16-5-4-11-18(12,13)8-6-7-2-3-10-19(14,15)9(7)17-8;/h2-3,6,10-11H,4-5H2,1H3;1H. The van der Waals surface area contributed by atoms with Crippen LogP contribution in [0.15, 0.2) is 20.7 Å². The molecule has 7 nitrogen and oxygen atoms in total. The number of thiophene rings is 1. The number of hydrogen-bond donors (Lipinski definition) is 2. The van der Waals surface area contributed by atoms with E-state index in [1.54, 1.807) is 0 Å². The Kier molecular flexibility index (Phi) is 5.58. The number of hydrogen-bond acceptors (Lipinski definition) is 6. The summed E-state index contributed by atoms with van der Waals surface area (Å²) in [7, 11) is -5.90. The summed E-state index contributed by atoms with van der Waals surface area (Å²) in [6.45, 7) is 0.367. The molecular formula is C9H13ClN2O5S3. The fraction of sp³-hybridized carbons (Fsp3) is 0.333. The second-order valence-corrected chi connectivity index (χ2v) is 8.61. The van der Waals surface area contributed by atoms with Crippen LogP contribution >= 0.6 is 23.7 Å². The summed E-state index contributed by atoms with van der Waals surface area (Å²) in [5, 5.41) is 0. The van der Waals surface area contributed by atoms with E-state index in [0.717, 1.165) is 0 Å². The van der Waals surface area contributed by atoms with Crippen LogP contribution in [0.2, 0.25) is 0 Å². The van der Waals surface area contributed by atoms with Crippen molar-refractivity contribution in [3.8, 4) is 0 Å². The van der Waals surface area contributed by atoms with Crippen LogP contribution in [-0.2, 0) is 24.8 Å². The lowest BCUT2D eigenvalue weighted by atomic mass is 10.3. The van der Waals surface area contributed by atoms with Crippen molar-refractivity contribution in [3.63, 3.8) is 0 Å². The monoisotopic (exact) mass is 360 g/mol. The zero-order valence-electron chi connectivity index (χ0n) is 10.3. The topological polar surface area (TPSA) is 102 Å². The molecule has 20 heavy (non-hydrogen) atoms. The van der Waals surface area contributed by atoms with E-state index >= 15 is 0 Å². The third-order valence-electron chi connectivity index (χ3n) is 2.30. The normalized spacial score (nSPS) is 16.1. The molecule has 0 saturated carbocycles. The molecule has 0 aromatic carbocycles. The van der Waals surface area contributed by atoms with Crippen LogP contribution < -0.4 is 9.44 Å². The first-order valence-electron chi connectivity index (χ1n) is 5.18. The minimum atomic E-state index is -3.71. The summed E-state index contributed by atoms with van der Waals surface area (Å²) in [4.78, 5) is 0. The molecule has 2 rings (SSSR count). The lowest BCUT2D eigenvalue weighted by Gasteiger charge is -2.06. The van der Waals surface area contributed by atoms with Gasteiger partial charge in [0, 0.05) is 25.4 Å². The highest BCUT2D eigenvalue weighted by atomic mass is 35.5. The molecule has 0 amide bonds. The maximum absolute atomic E-state index is 11.9. The van der Waals surface area contributed by atoms with E-state index < -0.39 is 20.0 Å². The van der Waals surface area contributed by atoms with Crippen LogP contribution in [0.1, 0.15) is 5.56 Å². The van der Waals surface area contributed by atoms with Gasteiger partial charge in [-0.2, -0.15) is 0 Å². The summed E-state index contributed by atoms with van der Waals surface area (Å²) in [5.41, 5.74) is 0.371. The quantitative estimate of drug-likeness (QED) is 0.738. The van der Waals surface area contributed by atoms with Crippen LogP contribution in [0.4, 0.5) is 0 Å². The number of nitrogens with one attached hydrogen (secondary N) is 2. The van der Waals surface area contributed by atoms with E-state index in [1.807, 2.05) is 0 Å². The van der Waals surface area contributed by atoms with E-state index in [4.69, 9.17) is 4.74 Å². The van der Waals surface area contributed by atoms with Crippen molar-refractivity contribution in [1.82, 2.24) is 9.44 Å². The summed E-state index contributed by atoms with van der Waals surface area (Å²) in [6.07, 6.45) is 2.78. The van der Waals surface area contributed by atoms with Crippen LogP contribution in [0, 0.1) is 0 Å². The first-order chi connectivity index (χ1) is 8.87. The SMILES string of the molecule is COCCNS(=O)(=O)c1cc2c(s1)S(=O)(=O)NC=C2.Cl. The zero-order chi connectivity index (χ0) is 14.1. The Morgan fingerprint density at radius 2 is 2.15 bits per heavy atom. The average molecular weight is 361 g/mol. The van der Waals surface area contributed by atoms with Gasteiger partial charge in [0.15, 0.2) is 0 Å². The molecule has 0 fully saturated rings. The van der Waals surface area contributed by atoms with Gasteiger partial charge in [-0.25, -0.2) is 21.6 Å². The molecule has 11 heteroatoms. The Labute approximate surface area is 127 Å². The Morgan fingerprint density at radius 3 is 2.75 bits per heavy atom. The maximum atomic E-state index is 11.9. The lowest BCUT2D eigenvalue weighted by molar-refractivity contribution is 0.204. The van der Waals surface area contributed by atoms with Gasteiger partial charge in [-0.1, -0.05) is 0 Å². The molecule has 0 saturated heterocycles. The van der Waals surface area contributed by atoms with Crippen LogP contribution in [-0.4, -0.2) is 37.1 Å². The van der Waals surface area contributed by atoms with Gasteiger partial charge in [0.1, 0.15) is 8.42 Å². The van der Waals surface area contributed by atoms with Crippen molar-refractivity contribution in [2.24, 2.45) is 0 Å². The highest BCUT2D eigenvalue weighted by molar-refractivity contribution is 7.94. The second kappa shape index (κ2) is 6.41. The molecule has 0 atom stereocenters. The third kappa shape index (κ3) is 3.51. The minimum Gasteiger partial charge on any atom is -0.383 e. The van der Waals surface area contributed by atoms with Crippen molar-refractivity contribution in [1.29, 1.82) is 0 Å². The number of sulfonamides is 2. The molecular weight excluding hydrogens is 348 g/mol. The molecule has 1 aromatic rings. The van der Waals surface area contributed by atoms with E-state index in [9.17, 15) is 16.8 Å². The molecule has 114 valence electrons. The molecule has 0 radical (unpaired) electrons. The van der Waals surface area contributed by atoms with E-state index in [2.05, 4.69) is 9.44 Å². The van der Waals surface area contributed by atoms with Crippen molar-refractivity contribution < 1.29 is 21.6 Å². The van der Waals surface area contributed by atoms with Crippen molar-refractivity contribution >= 4 is 49.9 Å². The van der Waals surface area contributed by atoms with Gasteiger partial charge in [-0.3, -0.25) is 4.72 Å². The number of halogens is 1. The number of methoxy groups -OCH3 is 1. The van der Waals surface area contributed by atoms with E-state index in [-0.39, 0.29) is 34.0 Å². The smallest absolute Gasteiger partial charge is 0.271 e. The first kappa shape index (κ1) is 17.4. The highest BCUT2D eigenvalue weighted by Gasteiger charge is 2.27. The molecule has 2 N–H and O–H groups in total. The molecule has 2 heterocycles. The van der Waals surface area contributed by atoms with Crippen molar-refractivity contribution in [2.75, 3.05) is 20.3 Å². The Hall–Kier alpha value is -0.650. The molecule has 0 spiro atoms. The van der Waals surface area contributed by atoms with Gasteiger partial charge in [-0.05, 0) is 12.1 Å². The van der Waals surface area contributed by atoms with Gasteiger partial charge in [0.25, 0.3) is 10.0 Å². The van der Waals surface area contributed by atoms with Gasteiger partial charge in [0.05, 0.1) is 6.61 Å². The third-order valence-corrected chi connectivity index (χ3v) is 7.25. The number of ether oxygens (including phenoxy) is 1. The Balaban J connectivity index is 0.00000200. The predicted octanol–water partition coefficient (Wildman–Crippen LogP) is 0.357. The summed E-state index contributed by atoms with van der Waals surface area (Å²) in [6, 6.07) is 1.34. The molecule has 1 aliphatic rings. The summed E-state index contributed by atoms with van der Waals surface area (Å²) in [5.74, 6) is 0. The van der Waals surface area contributed by atoms with Gasteiger partial charge < -0.3 is 4.74 Å². The first-order valence-corrected chi connectivity index (χ1v) is 8.96. The predicted molar refractivity (Wildman–Crippen MR) is 78.0 cm³/mol. The average Bonchev–Trinajstić information content (AvgIpc) is 2.75. The van der Waals surface area contributed by atoms with Crippen molar-refractivity contribution in [2.45, 2.75) is 8.42 Å². The highest BCUT2D eigenvalue weighted by Crippen LogP contribution is 2.32. The lowest BCUT2D eigenvalue weighted by Crippen LogP contribution is -2.26. The Bertz CT molecular complexity index is 708. The number of fused-ring (bicyclic) bond motifs is 1. The Morgan fingerprint density at radius 1 is 1.45 bits per heavy atom.